The minimum Gasteiger partial charge on any atom is -0.491 e. The van der Waals surface area contributed by atoms with E-state index >= 15 is 0 Å². The van der Waals surface area contributed by atoms with Crippen molar-refractivity contribution in [2.45, 2.75) is 12.8 Å². The summed E-state index contributed by atoms with van der Waals surface area (Å²) in [7, 11) is 6.03. The fourth-order valence-corrected chi connectivity index (χ4v) is 5.78. The smallest absolute Gasteiger partial charge is 0.248 e. The highest BCUT2D eigenvalue weighted by molar-refractivity contribution is 6.31. The van der Waals surface area contributed by atoms with Gasteiger partial charge in [-0.05, 0) is 76.0 Å². The zero-order valence-corrected chi connectivity index (χ0v) is 23.2. The van der Waals surface area contributed by atoms with Crippen molar-refractivity contribution in [3.05, 3.63) is 59.7 Å². The van der Waals surface area contributed by atoms with E-state index in [1.165, 1.54) is 30.6 Å². The van der Waals surface area contributed by atoms with Crippen LogP contribution < -0.4 is 15.4 Å². The molecule has 2 aliphatic rings. The number of benzene rings is 2. The maximum atomic E-state index is 13.7. The summed E-state index contributed by atoms with van der Waals surface area (Å²) in [6.07, 6.45) is 6.91. The third kappa shape index (κ3) is 6.66. The standard InChI is InChI=1S/C29H34ClFN6O2/c1-36(2)8-4-5-28(38)35-26-12-22-25(32-17-33-29(22)34-21-6-7-24(31)23(30)11-21)13-27(26)39-16-18-9-19-14-37(3)15-20(19)10-18/h4-7,11-13,17-20H,8-10,14-16H2,1-3H3,(H,35,38)(H,32,33,34)/b5-4+/i/hD. The highest BCUT2D eigenvalue weighted by Gasteiger charge is 2.39. The zero-order valence-electron chi connectivity index (χ0n) is 23.4. The predicted molar refractivity (Wildman–Crippen MR) is 153 cm³/mol. The number of rotatable bonds is 9. The summed E-state index contributed by atoms with van der Waals surface area (Å²) in [5, 5.41) is 4.43. The van der Waals surface area contributed by atoms with Gasteiger partial charge in [0.1, 0.15) is 23.7 Å². The molecule has 206 valence electrons. The Labute approximate surface area is 234 Å². The zero-order chi connectivity index (χ0) is 28.4. The summed E-state index contributed by atoms with van der Waals surface area (Å²) in [6.45, 7) is 3.46. The van der Waals surface area contributed by atoms with Gasteiger partial charge in [0, 0.05) is 42.9 Å². The van der Waals surface area contributed by atoms with E-state index in [9.17, 15) is 9.18 Å². The Hall–Kier alpha value is -3.27. The average molecular weight is 554 g/mol. The number of carbonyl (C=O) groups excluding carboxylic acids is 1. The molecular formula is C29H34ClFN6O2. The third-order valence-corrected chi connectivity index (χ3v) is 7.65. The number of fused-ring (bicyclic) bond motifs is 2. The first-order chi connectivity index (χ1) is 19.2. The van der Waals surface area contributed by atoms with Crippen molar-refractivity contribution in [3.63, 3.8) is 0 Å². The molecule has 2 heterocycles. The summed E-state index contributed by atoms with van der Waals surface area (Å²) >= 11 is 5.96. The summed E-state index contributed by atoms with van der Waals surface area (Å²) in [5.74, 6) is 1.79. The molecule has 0 bridgehead atoms. The number of nitrogens with zero attached hydrogens (tertiary/aromatic N) is 4. The largest absolute Gasteiger partial charge is 0.491 e. The quantitative estimate of drug-likeness (QED) is 0.353. The molecule has 2 atom stereocenters. The van der Waals surface area contributed by atoms with Gasteiger partial charge in [0.2, 0.25) is 5.91 Å². The lowest BCUT2D eigenvalue weighted by atomic mass is 10.0. The molecule has 1 amide bonds. The molecule has 1 saturated carbocycles. The van der Waals surface area contributed by atoms with Gasteiger partial charge < -0.3 is 25.2 Å². The van der Waals surface area contributed by atoms with E-state index in [1.54, 1.807) is 18.2 Å². The van der Waals surface area contributed by atoms with Crippen molar-refractivity contribution in [3.8, 4) is 5.75 Å². The number of likely N-dealkylation sites (tertiary alicyclic amines) is 1. The normalized spacial score (nSPS) is 21.5. The van der Waals surface area contributed by atoms with E-state index in [4.69, 9.17) is 17.7 Å². The SMILES string of the molecule is [2H]N(c1ccc(F)c(Cl)c1)c1ncnc2cc(OCC3CC4CN(C)CC4C3)c(NC(=O)/C=C/CN(C)C)cc12. The lowest BCUT2D eigenvalue weighted by Gasteiger charge is -2.18. The van der Waals surface area contributed by atoms with E-state index in [0.29, 0.717) is 47.1 Å². The van der Waals surface area contributed by atoms with Crippen LogP contribution in [0.4, 0.5) is 21.6 Å². The fraction of sp³-hybridized carbons (Fsp3) is 0.414. The molecule has 1 saturated heterocycles. The number of anilines is 3. The Morgan fingerprint density at radius 3 is 2.74 bits per heavy atom. The van der Waals surface area contributed by atoms with Crippen LogP contribution in [0, 0.1) is 23.6 Å². The number of aromatic nitrogens is 2. The Balaban J connectivity index is 1.44. The van der Waals surface area contributed by atoms with Crippen molar-refractivity contribution in [1.29, 1.82) is 0 Å². The van der Waals surface area contributed by atoms with Gasteiger partial charge in [0.05, 0.1) is 22.8 Å². The summed E-state index contributed by atoms with van der Waals surface area (Å²) < 4.78 is 28.8. The molecule has 10 heteroatoms. The molecule has 2 N–H and O–H groups in total. The first-order valence-electron chi connectivity index (χ1n) is 13.6. The molecule has 0 spiro atoms. The topological polar surface area (TPSA) is 82.6 Å². The van der Waals surface area contributed by atoms with Crippen molar-refractivity contribution < 1.29 is 15.3 Å². The first kappa shape index (κ1) is 26.0. The van der Waals surface area contributed by atoms with Crippen LogP contribution in [-0.2, 0) is 4.79 Å². The van der Waals surface area contributed by atoms with Crippen molar-refractivity contribution in [1.82, 2.24) is 19.8 Å². The predicted octanol–water partition coefficient (Wildman–Crippen LogP) is 5.19. The molecule has 8 nitrogen and oxygen atoms in total. The molecule has 39 heavy (non-hydrogen) atoms. The Kier molecular flexibility index (Phi) is 7.90. The second kappa shape index (κ2) is 11.9. The van der Waals surface area contributed by atoms with Crippen LogP contribution in [-0.4, -0.2) is 73.1 Å². The van der Waals surface area contributed by atoms with Crippen LogP contribution in [0.5, 0.6) is 5.75 Å². The van der Waals surface area contributed by atoms with E-state index in [0.717, 1.165) is 43.1 Å². The molecule has 2 fully saturated rings. The molecule has 3 aromatic rings. The van der Waals surface area contributed by atoms with Gasteiger partial charge in [-0.1, -0.05) is 17.7 Å². The summed E-state index contributed by atoms with van der Waals surface area (Å²) in [6, 6.07) is 7.52. The van der Waals surface area contributed by atoms with Crippen LogP contribution in [0.3, 0.4) is 0 Å². The Bertz CT molecular complexity index is 1410. The van der Waals surface area contributed by atoms with Gasteiger partial charge in [-0.25, -0.2) is 14.4 Å². The van der Waals surface area contributed by atoms with Crippen molar-refractivity contribution in [2.24, 2.45) is 17.8 Å². The lowest BCUT2D eigenvalue weighted by molar-refractivity contribution is -0.111. The van der Waals surface area contributed by atoms with Gasteiger partial charge in [0.25, 0.3) is 0 Å². The number of nitrogens with one attached hydrogen (secondary N) is 2. The van der Waals surface area contributed by atoms with Crippen molar-refractivity contribution >= 4 is 45.6 Å². The molecule has 1 aliphatic carbocycles. The maximum Gasteiger partial charge on any atom is 0.248 e. The third-order valence-electron chi connectivity index (χ3n) is 7.36. The summed E-state index contributed by atoms with van der Waals surface area (Å²) in [4.78, 5) is 25.9. The number of hydrogen-bond donors (Lipinski definition) is 2. The molecular weight excluding hydrogens is 519 g/mol. The second-order valence-electron chi connectivity index (χ2n) is 10.8. The van der Waals surface area contributed by atoms with Gasteiger partial charge in [-0.2, -0.15) is 0 Å². The number of halogens is 2. The van der Waals surface area contributed by atoms with E-state index in [1.807, 2.05) is 19.0 Å². The monoisotopic (exact) mass is 553 g/mol. The summed E-state index contributed by atoms with van der Waals surface area (Å²) in [5.41, 5.74) is 1.35. The maximum absolute atomic E-state index is 13.7. The Morgan fingerprint density at radius 1 is 1.26 bits per heavy atom. The van der Waals surface area contributed by atoms with E-state index in [-0.39, 0.29) is 16.7 Å². The van der Waals surface area contributed by atoms with E-state index in [2.05, 4.69) is 27.2 Å². The number of amides is 1. The van der Waals surface area contributed by atoms with Gasteiger partial charge >= 0.3 is 0 Å². The minimum atomic E-state index is -0.571. The highest BCUT2D eigenvalue weighted by atomic mass is 35.5. The Morgan fingerprint density at radius 2 is 2.03 bits per heavy atom. The average Bonchev–Trinajstić information content (AvgIpc) is 3.45. The molecule has 2 unspecified atom stereocenters. The van der Waals surface area contributed by atoms with Gasteiger partial charge in [0.15, 0.2) is 1.41 Å². The minimum absolute atomic E-state index is 0.0936. The molecule has 1 aromatic heterocycles. The number of ether oxygens (including phenoxy) is 1. The van der Waals surface area contributed by atoms with Gasteiger partial charge in [-0.3, -0.25) is 4.79 Å². The number of hydrogen-bond acceptors (Lipinski definition) is 7. The molecule has 1 aliphatic heterocycles. The van der Waals surface area contributed by atoms with Crippen molar-refractivity contribution in [2.75, 3.05) is 58.0 Å². The fourth-order valence-electron chi connectivity index (χ4n) is 5.60. The van der Waals surface area contributed by atoms with E-state index < -0.39 is 5.82 Å². The van der Waals surface area contributed by atoms with Crippen LogP contribution >= 0.6 is 11.6 Å². The first-order valence-corrected chi connectivity index (χ1v) is 13.5. The van der Waals surface area contributed by atoms with Crippen LogP contribution in [0.15, 0.2) is 48.8 Å². The highest BCUT2D eigenvalue weighted by Crippen LogP contribution is 2.42. The van der Waals surface area contributed by atoms with Crippen LogP contribution in [0.1, 0.15) is 12.8 Å². The van der Waals surface area contributed by atoms with Crippen LogP contribution in [0.25, 0.3) is 10.9 Å². The number of carbonyl (C=O) groups is 1. The van der Waals surface area contributed by atoms with Crippen LogP contribution in [0.2, 0.25) is 6.43 Å². The molecule has 2 aromatic carbocycles. The van der Waals surface area contributed by atoms with Gasteiger partial charge in [-0.15, -0.1) is 0 Å². The second-order valence-corrected chi connectivity index (χ2v) is 11.2. The molecule has 0 radical (unpaired) electrons. The lowest BCUT2D eigenvalue weighted by Crippen LogP contribution is -2.19. The molecule has 5 rings (SSSR count). The number of likely N-dealkylation sites (N-methyl/N-ethyl adjacent to an activating group) is 1.